The van der Waals surface area contributed by atoms with Gasteiger partial charge in [0.15, 0.2) is 15.5 Å². The number of ether oxygens (including phenoxy) is 1. The summed E-state index contributed by atoms with van der Waals surface area (Å²) >= 11 is 0. The van der Waals surface area contributed by atoms with E-state index in [1.807, 2.05) is 0 Å². The molecule has 2 N–H and O–H groups in total. The molecule has 0 fully saturated rings. The van der Waals surface area contributed by atoms with Crippen molar-refractivity contribution in [2.24, 2.45) is 0 Å². The molecule has 0 aliphatic heterocycles. The third kappa shape index (κ3) is 3.88. The van der Waals surface area contributed by atoms with Crippen molar-refractivity contribution in [3.05, 3.63) is 36.2 Å². The molecule has 0 bridgehead atoms. The number of methoxy groups -OCH3 is 1. The molecule has 0 saturated heterocycles. The molecule has 0 aliphatic rings. The van der Waals surface area contributed by atoms with Crippen molar-refractivity contribution in [2.75, 3.05) is 18.2 Å². The lowest BCUT2D eigenvalue weighted by Gasteiger charge is -2.08. The summed E-state index contributed by atoms with van der Waals surface area (Å²) in [6.07, 6.45) is 1.57. The maximum Gasteiger partial charge on any atom is 0.276 e. The largest absolute Gasteiger partial charge is 0.506 e. The molecular formula is C14H17N3O5S. The normalized spacial score (nSPS) is 11.4. The molecule has 0 unspecified atom stereocenters. The number of hydrogen-bond acceptors (Lipinski definition) is 6. The van der Waals surface area contributed by atoms with Crippen LogP contribution < -0.4 is 5.32 Å². The van der Waals surface area contributed by atoms with Gasteiger partial charge in [0.05, 0.1) is 16.3 Å². The van der Waals surface area contributed by atoms with Crippen molar-refractivity contribution in [1.29, 1.82) is 0 Å². The van der Waals surface area contributed by atoms with Crippen LogP contribution in [0, 0.1) is 0 Å². The number of nitrogens with one attached hydrogen (secondary N) is 1. The molecule has 9 heteroatoms. The van der Waals surface area contributed by atoms with Gasteiger partial charge in [0.25, 0.3) is 5.91 Å². The van der Waals surface area contributed by atoms with Crippen molar-refractivity contribution in [3.8, 4) is 5.75 Å². The minimum Gasteiger partial charge on any atom is -0.506 e. The number of aromatic nitrogens is 2. The highest BCUT2D eigenvalue weighted by molar-refractivity contribution is 7.91. The number of phenolic OH excluding ortho intramolecular Hbond substituents is 1. The van der Waals surface area contributed by atoms with Gasteiger partial charge in [-0.2, -0.15) is 5.10 Å². The molecule has 2 aromatic rings. The van der Waals surface area contributed by atoms with E-state index >= 15 is 0 Å². The van der Waals surface area contributed by atoms with E-state index in [4.69, 9.17) is 4.74 Å². The first-order chi connectivity index (χ1) is 10.9. The van der Waals surface area contributed by atoms with Crippen LogP contribution in [0.15, 0.2) is 35.4 Å². The number of anilines is 1. The number of carbonyl (C=O) groups excluding carboxylic acids is 1. The number of sulfone groups is 1. The van der Waals surface area contributed by atoms with E-state index in [0.29, 0.717) is 0 Å². The Bertz CT molecular complexity index is 814. The highest BCUT2D eigenvalue weighted by Gasteiger charge is 2.17. The van der Waals surface area contributed by atoms with Crippen LogP contribution in [0.25, 0.3) is 0 Å². The summed E-state index contributed by atoms with van der Waals surface area (Å²) in [4.78, 5) is 12.2. The first kappa shape index (κ1) is 17.0. The number of amides is 1. The third-order valence-electron chi connectivity index (χ3n) is 3.09. The van der Waals surface area contributed by atoms with Crippen LogP contribution in [0.4, 0.5) is 5.69 Å². The molecule has 0 spiro atoms. The van der Waals surface area contributed by atoms with Gasteiger partial charge in [0, 0.05) is 13.3 Å². The number of nitrogens with zero attached hydrogens (tertiary/aromatic N) is 2. The standard InChI is InChI=1S/C14H17N3O5S/c1-3-23(20,21)10-4-5-13(18)12(8-10)15-14(19)11-6-7-17(16-11)9-22-2/h4-8,18H,3,9H2,1-2H3,(H,15,19). The Hall–Kier alpha value is -2.39. The van der Waals surface area contributed by atoms with Crippen LogP contribution in [0.1, 0.15) is 17.4 Å². The van der Waals surface area contributed by atoms with Crippen LogP contribution in [0.2, 0.25) is 0 Å². The van der Waals surface area contributed by atoms with Gasteiger partial charge in [-0.3, -0.25) is 4.79 Å². The summed E-state index contributed by atoms with van der Waals surface area (Å²) in [7, 11) is -1.94. The van der Waals surface area contributed by atoms with Gasteiger partial charge in [0.1, 0.15) is 12.5 Å². The van der Waals surface area contributed by atoms with Gasteiger partial charge in [0.2, 0.25) is 0 Å². The highest BCUT2D eigenvalue weighted by Crippen LogP contribution is 2.27. The lowest BCUT2D eigenvalue weighted by molar-refractivity contribution is 0.101. The summed E-state index contributed by atoms with van der Waals surface area (Å²) in [5.41, 5.74) is 0.121. The number of phenols is 1. The molecule has 1 heterocycles. The van der Waals surface area contributed by atoms with Gasteiger partial charge < -0.3 is 15.2 Å². The SMILES string of the molecule is CCS(=O)(=O)c1ccc(O)c(NC(=O)c2ccn(COC)n2)c1. The van der Waals surface area contributed by atoms with Crippen molar-refractivity contribution in [3.63, 3.8) is 0 Å². The van der Waals surface area contributed by atoms with Crippen LogP contribution in [0.5, 0.6) is 5.75 Å². The number of carbonyl (C=O) groups is 1. The fraction of sp³-hybridized carbons (Fsp3) is 0.286. The minimum absolute atomic E-state index is 0.00539. The van der Waals surface area contributed by atoms with Crippen molar-refractivity contribution >= 4 is 21.4 Å². The molecule has 124 valence electrons. The van der Waals surface area contributed by atoms with Crippen LogP contribution in [0.3, 0.4) is 0 Å². The molecular weight excluding hydrogens is 322 g/mol. The second-order valence-electron chi connectivity index (χ2n) is 4.69. The lowest BCUT2D eigenvalue weighted by Crippen LogP contribution is -2.14. The van der Waals surface area contributed by atoms with Gasteiger partial charge in [-0.15, -0.1) is 0 Å². The van der Waals surface area contributed by atoms with E-state index < -0.39 is 15.7 Å². The summed E-state index contributed by atoms with van der Waals surface area (Å²) in [5, 5.41) is 16.2. The Morgan fingerprint density at radius 3 is 2.78 bits per heavy atom. The average molecular weight is 339 g/mol. The minimum atomic E-state index is -3.44. The van der Waals surface area contributed by atoms with Crippen LogP contribution in [-0.2, 0) is 21.3 Å². The topological polar surface area (TPSA) is 111 Å². The summed E-state index contributed by atoms with van der Waals surface area (Å²) in [6, 6.07) is 5.22. The molecule has 0 atom stereocenters. The second kappa shape index (κ2) is 6.80. The molecule has 2 rings (SSSR count). The smallest absolute Gasteiger partial charge is 0.276 e. The van der Waals surface area contributed by atoms with Crippen molar-refractivity contribution < 1.29 is 23.1 Å². The Labute approximate surface area is 133 Å². The fourth-order valence-electron chi connectivity index (χ4n) is 1.85. The van der Waals surface area contributed by atoms with Crippen molar-refractivity contribution in [1.82, 2.24) is 9.78 Å². The second-order valence-corrected chi connectivity index (χ2v) is 6.97. The zero-order valence-electron chi connectivity index (χ0n) is 12.7. The van der Waals surface area contributed by atoms with Crippen molar-refractivity contribution in [2.45, 2.75) is 18.6 Å². The van der Waals surface area contributed by atoms with Gasteiger partial charge in [-0.05, 0) is 24.3 Å². The molecule has 0 aliphatic carbocycles. The van der Waals surface area contributed by atoms with Gasteiger partial charge in [-0.25, -0.2) is 13.1 Å². The summed E-state index contributed by atoms with van der Waals surface area (Å²) < 4.78 is 30.1. The molecule has 23 heavy (non-hydrogen) atoms. The summed E-state index contributed by atoms with van der Waals surface area (Å²) in [5.74, 6) is -0.877. The van der Waals surface area contributed by atoms with Gasteiger partial charge in [-0.1, -0.05) is 6.92 Å². The highest BCUT2D eigenvalue weighted by atomic mass is 32.2. The van der Waals surface area contributed by atoms with Crippen LogP contribution in [-0.4, -0.2) is 42.1 Å². The number of benzene rings is 1. The average Bonchev–Trinajstić information content (AvgIpc) is 2.98. The van der Waals surface area contributed by atoms with E-state index in [9.17, 15) is 18.3 Å². The van der Waals surface area contributed by atoms with E-state index in [0.717, 1.165) is 0 Å². The number of hydrogen-bond donors (Lipinski definition) is 2. The fourth-order valence-corrected chi connectivity index (χ4v) is 2.75. The maximum absolute atomic E-state index is 12.1. The predicted octanol–water partition coefficient (Wildman–Crippen LogP) is 1.24. The molecule has 1 aromatic carbocycles. The zero-order chi connectivity index (χ0) is 17.0. The zero-order valence-corrected chi connectivity index (χ0v) is 13.5. The van der Waals surface area contributed by atoms with E-state index in [1.165, 1.54) is 43.0 Å². The molecule has 1 aromatic heterocycles. The molecule has 8 nitrogen and oxygen atoms in total. The van der Waals surface area contributed by atoms with E-state index in [2.05, 4.69) is 10.4 Å². The first-order valence-corrected chi connectivity index (χ1v) is 8.42. The third-order valence-corrected chi connectivity index (χ3v) is 4.82. The number of aromatic hydroxyl groups is 1. The number of rotatable bonds is 6. The molecule has 0 radical (unpaired) electrons. The Morgan fingerprint density at radius 2 is 2.13 bits per heavy atom. The first-order valence-electron chi connectivity index (χ1n) is 6.77. The quantitative estimate of drug-likeness (QED) is 0.766. The molecule has 1 amide bonds. The van der Waals surface area contributed by atoms with Gasteiger partial charge >= 0.3 is 0 Å². The Kier molecular flexibility index (Phi) is 5.02. The maximum atomic E-state index is 12.1. The summed E-state index contributed by atoms with van der Waals surface area (Å²) in [6.45, 7) is 1.71. The monoisotopic (exact) mass is 339 g/mol. The van der Waals surface area contributed by atoms with Crippen LogP contribution >= 0.6 is 0 Å². The molecule has 0 saturated carbocycles. The Morgan fingerprint density at radius 1 is 1.39 bits per heavy atom. The van der Waals surface area contributed by atoms with E-state index in [1.54, 1.807) is 6.20 Å². The Balaban J connectivity index is 2.24. The van der Waals surface area contributed by atoms with E-state index in [-0.39, 0.29) is 34.5 Å². The lowest BCUT2D eigenvalue weighted by atomic mass is 10.3. The predicted molar refractivity (Wildman–Crippen MR) is 83.0 cm³/mol.